The lowest BCUT2D eigenvalue weighted by Crippen LogP contribution is -2.47. The first-order chi connectivity index (χ1) is 15.9. The summed E-state index contributed by atoms with van der Waals surface area (Å²) in [5.41, 5.74) is 0.971. The van der Waals surface area contributed by atoms with Gasteiger partial charge in [0.15, 0.2) is 15.0 Å². The van der Waals surface area contributed by atoms with Crippen LogP contribution in [0.4, 0.5) is 5.95 Å². The standard InChI is InChI=1S/C23H33N5O3S2/c1-3-18(2)27(20-12-15-33(30,31)17-20)21(29)16-32-23-25-24-22(26-13-8-5-9-14-26)28(23)19-10-6-4-7-11-19/h4,6-7,10-11,18,20H,3,5,8-9,12-17H2,1-2H3. The molecule has 0 bridgehead atoms. The molecule has 4 rings (SSSR count). The first kappa shape index (κ1) is 24.1. The van der Waals surface area contributed by atoms with Crippen molar-refractivity contribution in [2.24, 2.45) is 0 Å². The minimum Gasteiger partial charge on any atom is -0.341 e. The maximum absolute atomic E-state index is 13.3. The lowest BCUT2D eigenvalue weighted by atomic mass is 10.1. The van der Waals surface area contributed by atoms with Crippen molar-refractivity contribution in [2.75, 3.05) is 35.2 Å². The van der Waals surface area contributed by atoms with Crippen LogP contribution in [0.5, 0.6) is 0 Å². The second kappa shape index (κ2) is 10.5. The highest BCUT2D eigenvalue weighted by molar-refractivity contribution is 7.99. The average molecular weight is 492 g/mol. The summed E-state index contributed by atoms with van der Waals surface area (Å²) in [6, 6.07) is 9.75. The molecule has 0 radical (unpaired) electrons. The molecule has 2 saturated heterocycles. The van der Waals surface area contributed by atoms with E-state index < -0.39 is 9.84 Å². The van der Waals surface area contributed by atoms with Gasteiger partial charge in [-0.15, -0.1) is 10.2 Å². The van der Waals surface area contributed by atoms with E-state index in [1.165, 1.54) is 18.2 Å². The van der Waals surface area contributed by atoms with E-state index in [1.54, 1.807) is 4.90 Å². The lowest BCUT2D eigenvalue weighted by molar-refractivity contribution is -0.132. The number of carbonyl (C=O) groups is 1. The van der Waals surface area contributed by atoms with Gasteiger partial charge in [0.1, 0.15) is 0 Å². The van der Waals surface area contributed by atoms with Crippen molar-refractivity contribution in [3.63, 3.8) is 0 Å². The van der Waals surface area contributed by atoms with Gasteiger partial charge in [-0.25, -0.2) is 8.42 Å². The second-order valence-corrected chi connectivity index (χ2v) is 12.1. The molecule has 0 spiro atoms. The van der Waals surface area contributed by atoms with Gasteiger partial charge in [-0.3, -0.25) is 9.36 Å². The zero-order chi connectivity index (χ0) is 23.4. The van der Waals surface area contributed by atoms with E-state index in [2.05, 4.69) is 15.1 Å². The van der Waals surface area contributed by atoms with E-state index in [1.807, 2.05) is 48.7 Å². The molecule has 0 N–H and O–H groups in total. The van der Waals surface area contributed by atoms with Crippen LogP contribution in [0.2, 0.25) is 0 Å². The van der Waals surface area contributed by atoms with Gasteiger partial charge in [0.2, 0.25) is 11.9 Å². The summed E-state index contributed by atoms with van der Waals surface area (Å²) in [6.07, 6.45) is 4.80. The molecule has 1 aromatic carbocycles. The number of nitrogens with zero attached hydrogens (tertiary/aromatic N) is 5. The third-order valence-electron chi connectivity index (χ3n) is 6.55. The molecule has 0 saturated carbocycles. The van der Waals surface area contributed by atoms with Crippen molar-refractivity contribution in [1.29, 1.82) is 0 Å². The summed E-state index contributed by atoms with van der Waals surface area (Å²) in [5, 5.41) is 9.63. The molecule has 2 aliphatic heterocycles. The summed E-state index contributed by atoms with van der Waals surface area (Å²) >= 11 is 1.37. The average Bonchev–Trinajstić information content (AvgIpc) is 3.41. The largest absolute Gasteiger partial charge is 0.341 e. The Morgan fingerprint density at radius 1 is 1.18 bits per heavy atom. The fraction of sp³-hybridized carbons (Fsp3) is 0.609. The fourth-order valence-electron chi connectivity index (χ4n) is 4.66. The van der Waals surface area contributed by atoms with Gasteiger partial charge in [-0.1, -0.05) is 36.9 Å². The Labute approximate surface area is 200 Å². The molecule has 2 atom stereocenters. The van der Waals surface area contributed by atoms with Gasteiger partial charge >= 0.3 is 0 Å². The smallest absolute Gasteiger partial charge is 0.233 e. The van der Waals surface area contributed by atoms with Crippen LogP contribution in [0, 0.1) is 0 Å². The number of anilines is 1. The van der Waals surface area contributed by atoms with Gasteiger partial charge in [-0.05, 0) is 51.2 Å². The second-order valence-electron chi connectivity index (χ2n) is 8.91. The van der Waals surface area contributed by atoms with Crippen LogP contribution in [0.25, 0.3) is 5.69 Å². The monoisotopic (exact) mass is 491 g/mol. The molecule has 33 heavy (non-hydrogen) atoms. The molecular weight excluding hydrogens is 458 g/mol. The zero-order valence-electron chi connectivity index (χ0n) is 19.4. The first-order valence-electron chi connectivity index (χ1n) is 11.8. The van der Waals surface area contributed by atoms with Gasteiger partial charge < -0.3 is 9.80 Å². The number of piperidine rings is 1. The quantitative estimate of drug-likeness (QED) is 0.524. The summed E-state index contributed by atoms with van der Waals surface area (Å²) in [6.45, 7) is 5.92. The Bertz CT molecular complexity index is 1050. The number of carbonyl (C=O) groups excluding carboxylic acids is 1. The van der Waals surface area contributed by atoms with E-state index in [0.717, 1.165) is 44.0 Å². The van der Waals surface area contributed by atoms with Gasteiger partial charge in [0.05, 0.1) is 22.9 Å². The van der Waals surface area contributed by atoms with Gasteiger partial charge in [0.25, 0.3) is 0 Å². The molecule has 8 nitrogen and oxygen atoms in total. The Hall–Kier alpha value is -2.07. The van der Waals surface area contributed by atoms with Crippen LogP contribution in [-0.4, -0.2) is 76.4 Å². The van der Waals surface area contributed by atoms with Crippen LogP contribution in [-0.2, 0) is 14.6 Å². The van der Waals surface area contributed by atoms with Crippen molar-refractivity contribution in [1.82, 2.24) is 19.7 Å². The number of para-hydroxylation sites is 1. The zero-order valence-corrected chi connectivity index (χ0v) is 21.0. The predicted molar refractivity (Wildman–Crippen MR) is 132 cm³/mol. The minimum absolute atomic E-state index is 0.00713. The summed E-state index contributed by atoms with van der Waals surface area (Å²) < 4.78 is 26.1. The normalized spacial score (nSPS) is 21.2. The minimum atomic E-state index is -3.07. The molecule has 1 aromatic heterocycles. The maximum Gasteiger partial charge on any atom is 0.233 e. The van der Waals surface area contributed by atoms with Crippen molar-refractivity contribution in [3.8, 4) is 5.69 Å². The van der Waals surface area contributed by atoms with Crippen LogP contribution >= 0.6 is 11.8 Å². The van der Waals surface area contributed by atoms with Crippen molar-refractivity contribution in [3.05, 3.63) is 30.3 Å². The number of rotatable bonds is 8. The fourth-order valence-corrected chi connectivity index (χ4v) is 7.19. The molecule has 2 aromatic rings. The summed E-state index contributed by atoms with van der Waals surface area (Å²) in [5.74, 6) is 1.20. The Kier molecular flexibility index (Phi) is 7.63. The van der Waals surface area contributed by atoms with E-state index in [4.69, 9.17) is 0 Å². The molecule has 0 aliphatic carbocycles. The Balaban J connectivity index is 1.55. The van der Waals surface area contributed by atoms with Crippen LogP contribution < -0.4 is 4.90 Å². The molecular formula is C23H33N5O3S2. The topological polar surface area (TPSA) is 88.4 Å². The third-order valence-corrected chi connectivity index (χ3v) is 9.21. The summed E-state index contributed by atoms with van der Waals surface area (Å²) in [4.78, 5) is 17.4. The van der Waals surface area contributed by atoms with Crippen LogP contribution in [0.3, 0.4) is 0 Å². The number of hydrogen-bond donors (Lipinski definition) is 0. The maximum atomic E-state index is 13.3. The molecule has 2 fully saturated rings. The number of thioether (sulfide) groups is 1. The van der Waals surface area contributed by atoms with Crippen molar-refractivity contribution in [2.45, 2.75) is 63.2 Å². The number of benzene rings is 1. The highest BCUT2D eigenvalue weighted by Gasteiger charge is 2.36. The number of aromatic nitrogens is 3. The summed E-state index contributed by atoms with van der Waals surface area (Å²) in [7, 11) is -3.07. The Morgan fingerprint density at radius 2 is 1.91 bits per heavy atom. The Morgan fingerprint density at radius 3 is 2.55 bits per heavy atom. The molecule has 2 unspecified atom stereocenters. The molecule has 1 amide bonds. The van der Waals surface area contributed by atoms with Crippen molar-refractivity contribution >= 4 is 33.5 Å². The van der Waals surface area contributed by atoms with Crippen LogP contribution in [0.1, 0.15) is 46.0 Å². The highest BCUT2D eigenvalue weighted by Crippen LogP contribution is 2.29. The van der Waals surface area contributed by atoms with Gasteiger partial charge in [0, 0.05) is 25.2 Å². The van der Waals surface area contributed by atoms with Gasteiger partial charge in [-0.2, -0.15) is 0 Å². The van der Waals surface area contributed by atoms with E-state index >= 15 is 0 Å². The molecule has 2 aliphatic rings. The van der Waals surface area contributed by atoms with Crippen LogP contribution in [0.15, 0.2) is 35.5 Å². The lowest BCUT2D eigenvalue weighted by Gasteiger charge is -2.33. The molecule has 10 heteroatoms. The number of hydrogen-bond acceptors (Lipinski definition) is 7. The molecule has 180 valence electrons. The van der Waals surface area contributed by atoms with E-state index in [9.17, 15) is 13.2 Å². The SMILES string of the molecule is CCC(C)N(C(=O)CSc1nnc(N2CCCCC2)n1-c1ccccc1)C1CCS(=O)(=O)C1. The number of sulfone groups is 1. The third kappa shape index (κ3) is 5.54. The van der Waals surface area contributed by atoms with Crippen molar-refractivity contribution < 1.29 is 13.2 Å². The predicted octanol–water partition coefficient (Wildman–Crippen LogP) is 3.16. The highest BCUT2D eigenvalue weighted by atomic mass is 32.2. The first-order valence-corrected chi connectivity index (χ1v) is 14.6. The number of amides is 1. The molecule has 3 heterocycles. The van der Waals surface area contributed by atoms with E-state index in [-0.39, 0.29) is 35.2 Å². The van der Waals surface area contributed by atoms with E-state index in [0.29, 0.717) is 11.6 Å².